The molecule has 1 aliphatic heterocycles. The van der Waals surface area contributed by atoms with Crippen LogP contribution in [0.3, 0.4) is 0 Å². The number of amides is 2. The van der Waals surface area contributed by atoms with Gasteiger partial charge >= 0.3 is 0 Å². The van der Waals surface area contributed by atoms with E-state index in [0.717, 1.165) is 27.6 Å². The predicted molar refractivity (Wildman–Crippen MR) is 117 cm³/mol. The molecule has 0 bridgehead atoms. The smallest absolute Gasteiger partial charge is 0.250 e. The molecular weight excluding hydrogens is 433 g/mol. The Balaban J connectivity index is 1.73. The molecule has 0 saturated carbocycles. The van der Waals surface area contributed by atoms with Gasteiger partial charge in [0.25, 0.3) is 5.91 Å². The highest BCUT2D eigenvalue weighted by molar-refractivity contribution is 7.89. The van der Waals surface area contributed by atoms with Crippen LogP contribution in [0.15, 0.2) is 77.7 Å². The first-order valence-electron chi connectivity index (χ1n) is 9.81. The molecule has 0 saturated heterocycles. The van der Waals surface area contributed by atoms with Crippen LogP contribution in [0, 0.1) is 5.82 Å². The number of benzene rings is 3. The predicted octanol–water partition coefficient (Wildman–Crippen LogP) is 2.68. The SMILES string of the molecule is NC(=O)c1ccccc1NC(=O)[C@@H]1Cc2ccccc2CN1S(=O)(=O)c1ccc(F)cc1. The Bertz CT molecular complexity index is 1290. The Hall–Kier alpha value is -3.56. The number of halogens is 1. The summed E-state index contributed by atoms with van der Waals surface area (Å²) in [4.78, 5) is 24.9. The highest BCUT2D eigenvalue weighted by Gasteiger charge is 2.39. The number of anilines is 1. The lowest BCUT2D eigenvalue weighted by Gasteiger charge is -2.35. The largest absolute Gasteiger partial charge is 0.366 e. The lowest BCUT2D eigenvalue weighted by atomic mass is 9.95. The summed E-state index contributed by atoms with van der Waals surface area (Å²) in [5.74, 6) is -1.88. The van der Waals surface area contributed by atoms with Gasteiger partial charge in [-0.1, -0.05) is 36.4 Å². The molecule has 4 rings (SSSR count). The van der Waals surface area contributed by atoms with Gasteiger partial charge in [0.2, 0.25) is 15.9 Å². The van der Waals surface area contributed by atoms with Gasteiger partial charge in [-0.05, 0) is 53.9 Å². The number of nitrogens with zero attached hydrogens (tertiary/aromatic N) is 1. The Morgan fingerprint density at radius 1 is 0.938 bits per heavy atom. The second-order valence-electron chi connectivity index (χ2n) is 7.39. The first kappa shape index (κ1) is 21.7. The van der Waals surface area contributed by atoms with Crippen molar-refractivity contribution < 1.29 is 22.4 Å². The monoisotopic (exact) mass is 453 g/mol. The maximum absolute atomic E-state index is 13.4. The topological polar surface area (TPSA) is 110 Å². The molecular formula is C23H20FN3O4S. The molecule has 0 aromatic heterocycles. The van der Waals surface area contributed by atoms with Crippen molar-refractivity contribution in [3.8, 4) is 0 Å². The average Bonchev–Trinajstić information content (AvgIpc) is 2.78. The van der Waals surface area contributed by atoms with Crippen LogP contribution >= 0.6 is 0 Å². The van der Waals surface area contributed by atoms with Crippen molar-refractivity contribution in [2.45, 2.75) is 23.9 Å². The normalized spacial score (nSPS) is 16.2. The van der Waals surface area contributed by atoms with Crippen molar-refractivity contribution in [3.63, 3.8) is 0 Å². The lowest BCUT2D eigenvalue weighted by molar-refractivity contribution is -0.120. The number of carbonyl (C=O) groups excluding carboxylic acids is 2. The van der Waals surface area contributed by atoms with Gasteiger partial charge in [0.15, 0.2) is 0 Å². The fraction of sp³-hybridized carbons (Fsp3) is 0.130. The first-order valence-corrected chi connectivity index (χ1v) is 11.3. The quantitative estimate of drug-likeness (QED) is 0.619. The van der Waals surface area contributed by atoms with Gasteiger partial charge in [0.05, 0.1) is 16.1 Å². The van der Waals surface area contributed by atoms with Gasteiger partial charge in [-0.15, -0.1) is 0 Å². The van der Waals surface area contributed by atoms with Gasteiger partial charge in [0, 0.05) is 6.54 Å². The number of carbonyl (C=O) groups is 2. The van der Waals surface area contributed by atoms with E-state index in [1.54, 1.807) is 24.3 Å². The number of hydrogen-bond donors (Lipinski definition) is 2. The second-order valence-corrected chi connectivity index (χ2v) is 9.28. The van der Waals surface area contributed by atoms with Crippen LogP contribution < -0.4 is 11.1 Å². The third-order valence-corrected chi connectivity index (χ3v) is 7.25. The standard InChI is InChI=1S/C23H20FN3O4S/c24-17-9-11-18(12-10-17)32(30,31)27-14-16-6-2-1-5-15(16)13-21(27)23(29)26-20-8-4-3-7-19(20)22(25)28/h1-12,21H,13-14H2,(H2,25,28)(H,26,29)/t21-/m0/s1. The van der Waals surface area contributed by atoms with Crippen LogP contribution in [0.25, 0.3) is 0 Å². The molecule has 1 heterocycles. The van der Waals surface area contributed by atoms with Crippen LogP contribution in [0.4, 0.5) is 10.1 Å². The van der Waals surface area contributed by atoms with E-state index in [9.17, 15) is 22.4 Å². The van der Waals surface area contributed by atoms with Crippen molar-refractivity contribution in [1.82, 2.24) is 4.31 Å². The number of hydrogen-bond acceptors (Lipinski definition) is 4. The summed E-state index contributed by atoms with van der Waals surface area (Å²) in [6, 6.07) is 16.9. The summed E-state index contributed by atoms with van der Waals surface area (Å²) in [5, 5.41) is 2.65. The number of primary amides is 1. The fourth-order valence-corrected chi connectivity index (χ4v) is 5.31. The number of rotatable bonds is 5. The summed E-state index contributed by atoms with van der Waals surface area (Å²) >= 11 is 0. The molecule has 0 spiro atoms. The minimum absolute atomic E-state index is 0.0224. The Labute approximate surface area is 184 Å². The van der Waals surface area contributed by atoms with Crippen LogP contribution in [-0.2, 0) is 27.8 Å². The van der Waals surface area contributed by atoms with E-state index in [4.69, 9.17) is 5.73 Å². The molecule has 32 heavy (non-hydrogen) atoms. The molecule has 1 aliphatic rings. The van der Waals surface area contributed by atoms with Crippen molar-refractivity contribution in [1.29, 1.82) is 0 Å². The summed E-state index contributed by atoms with van der Waals surface area (Å²) in [6.07, 6.45) is 0.140. The van der Waals surface area contributed by atoms with E-state index in [1.807, 2.05) is 12.1 Å². The maximum atomic E-state index is 13.4. The van der Waals surface area contributed by atoms with Crippen molar-refractivity contribution >= 4 is 27.5 Å². The maximum Gasteiger partial charge on any atom is 0.250 e. The highest BCUT2D eigenvalue weighted by Crippen LogP contribution is 2.30. The fourth-order valence-electron chi connectivity index (χ4n) is 3.74. The van der Waals surface area contributed by atoms with E-state index in [2.05, 4.69) is 5.32 Å². The molecule has 3 aromatic rings. The molecule has 0 aliphatic carbocycles. The van der Waals surface area contributed by atoms with Crippen LogP contribution in [0.5, 0.6) is 0 Å². The minimum Gasteiger partial charge on any atom is -0.366 e. The lowest BCUT2D eigenvalue weighted by Crippen LogP contribution is -2.50. The average molecular weight is 453 g/mol. The Morgan fingerprint density at radius 2 is 1.56 bits per heavy atom. The minimum atomic E-state index is -4.12. The number of para-hydroxylation sites is 1. The molecule has 0 unspecified atom stereocenters. The molecule has 0 radical (unpaired) electrons. The zero-order chi connectivity index (χ0) is 22.9. The molecule has 1 atom stereocenters. The van der Waals surface area contributed by atoms with Gasteiger partial charge in [-0.3, -0.25) is 9.59 Å². The number of fused-ring (bicyclic) bond motifs is 1. The third kappa shape index (κ3) is 4.12. The number of sulfonamides is 1. The number of nitrogens with one attached hydrogen (secondary N) is 1. The molecule has 9 heteroatoms. The molecule has 3 aromatic carbocycles. The summed E-state index contributed by atoms with van der Waals surface area (Å²) < 4.78 is 41.3. The van der Waals surface area contributed by atoms with Crippen LogP contribution in [0.2, 0.25) is 0 Å². The van der Waals surface area contributed by atoms with Crippen LogP contribution in [0.1, 0.15) is 21.5 Å². The molecule has 0 fully saturated rings. The molecule has 3 N–H and O–H groups in total. The van der Waals surface area contributed by atoms with E-state index in [-0.39, 0.29) is 29.1 Å². The van der Waals surface area contributed by atoms with Crippen molar-refractivity contribution in [3.05, 3.63) is 95.3 Å². The van der Waals surface area contributed by atoms with E-state index in [0.29, 0.717) is 0 Å². The summed E-state index contributed by atoms with van der Waals surface area (Å²) in [6.45, 7) is -0.0224. The molecule has 164 valence electrons. The first-order chi connectivity index (χ1) is 15.3. The summed E-state index contributed by atoms with van der Waals surface area (Å²) in [7, 11) is -4.12. The van der Waals surface area contributed by atoms with E-state index < -0.39 is 33.7 Å². The highest BCUT2D eigenvalue weighted by atomic mass is 32.2. The van der Waals surface area contributed by atoms with Crippen LogP contribution in [-0.4, -0.2) is 30.6 Å². The van der Waals surface area contributed by atoms with Crippen molar-refractivity contribution in [2.24, 2.45) is 5.73 Å². The second kappa shape index (κ2) is 8.52. The van der Waals surface area contributed by atoms with Gasteiger partial charge < -0.3 is 11.1 Å². The molecule has 7 nitrogen and oxygen atoms in total. The van der Waals surface area contributed by atoms with Gasteiger partial charge in [-0.2, -0.15) is 4.31 Å². The van der Waals surface area contributed by atoms with Gasteiger partial charge in [-0.25, -0.2) is 12.8 Å². The zero-order valence-electron chi connectivity index (χ0n) is 16.9. The number of nitrogens with two attached hydrogens (primary N) is 1. The van der Waals surface area contributed by atoms with E-state index >= 15 is 0 Å². The molecule has 2 amide bonds. The third-order valence-electron chi connectivity index (χ3n) is 5.38. The van der Waals surface area contributed by atoms with Gasteiger partial charge in [0.1, 0.15) is 11.9 Å². The van der Waals surface area contributed by atoms with E-state index in [1.165, 1.54) is 24.3 Å². The zero-order valence-corrected chi connectivity index (χ0v) is 17.7. The Morgan fingerprint density at radius 3 is 2.25 bits per heavy atom. The summed E-state index contributed by atoms with van der Waals surface area (Å²) in [5.41, 5.74) is 7.33. The van der Waals surface area contributed by atoms with Crippen molar-refractivity contribution in [2.75, 3.05) is 5.32 Å². The Kier molecular flexibility index (Phi) is 5.77.